The molecular weight excluding hydrogens is 244 g/mol. The van der Waals surface area contributed by atoms with Gasteiger partial charge in [0.2, 0.25) is 0 Å². The van der Waals surface area contributed by atoms with Gasteiger partial charge in [-0.25, -0.2) is 0 Å². The van der Waals surface area contributed by atoms with Crippen molar-refractivity contribution in [3.63, 3.8) is 0 Å². The van der Waals surface area contributed by atoms with E-state index in [9.17, 15) is 0 Å². The molecule has 2 N–H and O–H groups in total. The van der Waals surface area contributed by atoms with Gasteiger partial charge in [-0.3, -0.25) is 0 Å². The summed E-state index contributed by atoms with van der Waals surface area (Å²) < 4.78 is 5.19. The molecule has 0 aliphatic heterocycles. The molecule has 0 aliphatic carbocycles. The molecular formula is C14H22N2OS. The van der Waals surface area contributed by atoms with Crippen molar-refractivity contribution >= 4 is 17.3 Å². The quantitative estimate of drug-likeness (QED) is 0.587. The van der Waals surface area contributed by atoms with Crippen molar-refractivity contribution in [2.45, 2.75) is 26.2 Å². The molecule has 0 amide bonds. The van der Waals surface area contributed by atoms with E-state index in [1.807, 2.05) is 12.1 Å². The van der Waals surface area contributed by atoms with E-state index in [2.05, 4.69) is 29.7 Å². The summed E-state index contributed by atoms with van der Waals surface area (Å²) in [6.45, 7) is 3.95. The molecule has 0 spiro atoms. The van der Waals surface area contributed by atoms with E-state index in [0.29, 0.717) is 0 Å². The third kappa shape index (κ3) is 5.87. The Balaban J connectivity index is 2.22. The van der Waals surface area contributed by atoms with Gasteiger partial charge in [-0.15, -0.1) is 0 Å². The number of thiocarbonyl (C=S) groups is 1. The van der Waals surface area contributed by atoms with Crippen LogP contribution in [0.15, 0.2) is 24.3 Å². The van der Waals surface area contributed by atoms with E-state index in [0.717, 1.165) is 36.8 Å². The van der Waals surface area contributed by atoms with Crippen LogP contribution in [-0.2, 0) is 6.42 Å². The lowest BCUT2D eigenvalue weighted by atomic mass is 10.1. The molecule has 1 aromatic carbocycles. The molecule has 1 rings (SSSR count). The summed E-state index contributed by atoms with van der Waals surface area (Å²) in [7, 11) is 1.68. The van der Waals surface area contributed by atoms with Gasteiger partial charge in [-0.2, -0.15) is 0 Å². The van der Waals surface area contributed by atoms with Crippen LogP contribution in [0.2, 0.25) is 0 Å². The first-order valence-corrected chi connectivity index (χ1v) is 6.81. The molecule has 0 heterocycles. The van der Waals surface area contributed by atoms with Crippen LogP contribution in [0, 0.1) is 0 Å². The maximum absolute atomic E-state index is 5.19. The molecule has 0 saturated heterocycles. The van der Waals surface area contributed by atoms with Crippen LogP contribution < -0.4 is 15.4 Å². The molecule has 0 fully saturated rings. The summed E-state index contributed by atoms with van der Waals surface area (Å²) in [6.07, 6.45) is 3.27. The van der Waals surface area contributed by atoms with Gasteiger partial charge >= 0.3 is 0 Å². The molecule has 0 unspecified atom stereocenters. The van der Waals surface area contributed by atoms with Crippen molar-refractivity contribution in [3.05, 3.63) is 29.8 Å². The van der Waals surface area contributed by atoms with Gasteiger partial charge < -0.3 is 15.4 Å². The predicted octanol–water partition coefficient (Wildman–Crippen LogP) is 2.50. The van der Waals surface area contributed by atoms with Crippen LogP contribution in [0.5, 0.6) is 5.75 Å². The minimum Gasteiger partial charge on any atom is -0.497 e. The third-order valence-corrected chi connectivity index (χ3v) is 2.94. The molecule has 3 nitrogen and oxygen atoms in total. The van der Waals surface area contributed by atoms with Gasteiger partial charge in [0.25, 0.3) is 0 Å². The Morgan fingerprint density at radius 2 is 2.06 bits per heavy atom. The van der Waals surface area contributed by atoms with E-state index in [4.69, 9.17) is 17.0 Å². The van der Waals surface area contributed by atoms with E-state index in [1.165, 1.54) is 12.0 Å². The summed E-state index contributed by atoms with van der Waals surface area (Å²) in [6, 6.07) is 8.10. The maximum atomic E-state index is 5.19. The van der Waals surface area contributed by atoms with Gasteiger partial charge in [0.1, 0.15) is 5.75 Å². The highest BCUT2D eigenvalue weighted by atomic mass is 32.1. The van der Waals surface area contributed by atoms with Crippen molar-refractivity contribution < 1.29 is 4.74 Å². The zero-order chi connectivity index (χ0) is 13.2. The summed E-state index contributed by atoms with van der Waals surface area (Å²) in [5.74, 6) is 0.899. The van der Waals surface area contributed by atoms with Crippen LogP contribution in [0.1, 0.15) is 25.3 Å². The molecule has 4 heteroatoms. The topological polar surface area (TPSA) is 33.3 Å². The Morgan fingerprint density at radius 1 is 1.28 bits per heavy atom. The maximum Gasteiger partial charge on any atom is 0.166 e. The molecule has 1 aromatic rings. The lowest BCUT2D eigenvalue weighted by molar-refractivity contribution is 0.414. The molecule has 18 heavy (non-hydrogen) atoms. The Kier molecular flexibility index (Phi) is 7.18. The largest absolute Gasteiger partial charge is 0.497 e. The fraction of sp³-hybridized carbons (Fsp3) is 0.500. The van der Waals surface area contributed by atoms with E-state index < -0.39 is 0 Å². The van der Waals surface area contributed by atoms with Crippen molar-refractivity contribution in [2.75, 3.05) is 20.2 Å². The number of unbranched alkanes of at least 4 members (excludes halogenated alkanes) is 1. The molecule has 0 saturated carbocycles. The zero-order valence-electron chi connectivity index (χ0n) is 11.2. The van der Waals surface area contributed by atoms with Crippen LogP contribution >= 0.6 is 12.2 Å². The number of hydrogen-bond acceptors (Lipinski definition) is 2. The molecule has 0 aliphatic rings. The van der Waals surface area contributed by atoms with Gasteiger partial charge in [0, 0.05) is 13.1 Å². The average Bonchev–Trinajstić information content (AvgIpc) is 2.39. The molecule has 0 atom stereocenters. The zero-order valence-corrected chi connectivity index (χ0v) is 12.0. The lowest BCUT2D eigenvalue weighted by Crippen LogP contribution is -2.36. The SMILES string of the molecule is CCCCNC(=S)NCCc1cccc(OC)c1. The first-order chi connectivity index (χ1) is 8.76. The van der Waals surface area contributed by atoms with Crippen molar-refractivity contribution in [2.24, 2.45) is 0 Å². The fourth-order valence-electron chi connectivity index (χ4n) is 1.59. The number of ether oxygens (including phenoxy) is 1. The summed E-state index contributed by atoms with van der Waals surface area (Å²) in [5, 5.41) is 7.14. The predicted molar refractivity (Wildman–Crippen MR) is 80.2 cm³/mol. The molecule has 100 valence electrons. The molecule has 0 radical (unpaired) electrons. The number of rotatable bonds is 7. The van der Waals surface area contributed by atoms with Crippen molar-refractivity contribution in [1.29, 1.82) is 0 Å². The van der Waals surface area contributed by atoms with E-state index >= 15 is 0 Å². The fourth-order valence-corrected chi connectivity index (χ4v) is 1.79. The standard InChI is InChI=1S/C14H22N2OS/c1-3-4-9-15-14(18)16-10-8-12-6-5-7-13(11-12)17-2/h5-7,11H,3-4,8-10H2,1-2H3,(H2,15,16,18). The van der Waals surface area contributed by atoms with Crippen molar-refractivity contribution in [1.82, 2.24) is 10.6 Å². The minimum absolute atomic E-state index is 0.742. The number of nitrogens with one attached hydrogen (secondary N) is 2. The highest BCUT2D eigenvalue weighted by molar-refractivity contribution is 7.80. The Labute approximate surface area is 115 Å². The van der Waals surface area contributed by atoms with Gasteiger partial charge in [0.15, 0.2) is 5.11 Å². The second-order valence-electron chi connectivity index (χ2n) is 4.14. The third-order valence-electron chi connectivity index (χ3n) is 2.65. The van der Waals surface area contributed by atoms with Crippen LogP contribution in [0.4, 0.5) is 0 Å². The Morgan fingerprint density at radius 3 is 2.78 bits per heavy atom. The van der Waals surface area contributed by atoms with E-state index in [1.54, 1.807) is 7.11 Å². The second kappa shape index (κ2) is 8.75. The van der Waals surface area contributed by atoms with Crippen LogP contribution in [0.3, 0.4) is 0 Å². The average molecular weight is 266 g/mol. The minimum atomic E-state index is 0.742. The van der Waals surface area contributed by atoms with Crippen LogP contribution in [-0.4, -0.2) is 25.3 Å². The van der Waals surface area contributed by atoms with Crippen LogP contribution in [0.25, 0.3) is 0 Å². The number of hydrogen-bond donors (Lipinski definition) is 2. The Bertz CT molecular complexity index is 369. The summed E-state index contributed by atoms with van der Waals surface area (Å²) >= 11 is 5.18. The monoisotopic (exact) mass is 266 g/mol. The first kappa shape index (κ1) is 14.8. The second-order valence-corrected chi connectivity index (χ2v) is 4.55. The molecule has 0 bridgehead atoms. The smallest absolute Gasteiger partial charge is 0.166 e. The highest BCUT2D eigenvalue weighted by Gasteiger charge is 1.97. The number of methoxy groups -OCH3 is 1. The normalized spacial score (nSPS) is 9.89. The Hall–Kier alpha value is -1.29. The van der Waals surface area contributed by atoms with Gasteiger partial charge in [-0.1, -0.05) is 25.5 Å². The highest BCUT2D eigenvalue weighted by Crippen LogP contribution is 2.12. The lowest BCUT2D eigenvalue weighted by Gasteiger charge is -2.10. The van der Waals surface area contributed by atoms with Gasteiger partial charge in [0.05, 0.1) is 7.11 Å². The summed E-state index contributed by atoms with van der Waals surface area (Å²) in [5.41, 5.74) is 1.25. The first-order valence-electron chi connectivity index (χ1n) is 6.41. The van der Waals surface area contributed by atoms with E-state index in [-0.39, 0.29) is 0 Å². The van der Waals surface area contributed by atoms with Crippen molar-refractivity contribution in [3.8, 4) is 5.75 Å². The van der Waals surface area contributed by atoms with Gasteiger partial charge in [-0.05, 0) is 42.8 Å². The molecule has 0 aromatic heterocycles. The summed E-state index contributed by atoms with van der Waals surface area (Å²) in [4.78, 5) is 0. The number of benzene rings is 1.